The predicted octanol–water partition coefficient (Wildman–Crippen LogP) is 4.04. The second kappa shape index (κ2) is 5.47. The molecule has 0 atom stereocenters. The Balaban J connectivity index is 2.75. The number of nitrogens with one attached hydrogen (secondary N) is 1. The lowest BCUT2D eigenvalue weighted by Gasteiger charge is -2.12. The van der Waals surface area contributed by atoms with Crippen LogP contribution in [0.5, 0.6) is 0 Å². The zero-order valence-corrected chi connectivity index (χ0v) is 10.9. The molecule has 2 nitrogen and oxygen atoms in total. The van der Waals surface area contributed by atoms with Crippen LogP contribution in [0.3, 0.4) is 0 Å². The van der Waals surface area contributed by atoms with Crippen molar-refractivity contribution in [2.24, 2.45) is 0 Å². The average molecular weight is 268 g/mol. The number of hydrogen-bond donors (Lipinski definition) is 1. The zero-order valence-electron chi connectivity index (χ0n) is 10.9. The van der Waals surface area contributed by atoms with Gasteiger partial charge in [0, 0.05) is 24.0 Å². The van der Waals surface area contributed by atoms with Crippen molar-refractivity contribution in [1.29, 1.82) is 0 Å². The Kier molecular flexibility index (Phi) is 3.93. The number of aryl methyl sites for hydroxylation is 1. The molecule has 5 heteroatoms. The summed E-state index contributed by atoms with van der Waals surface area (Å²) in [4.78, 5) is 4.04. The number of nitrogens with zero attached hydrogens (tertiary/aromatic N) is 1. The Bertz CT molecular complexity index is 611. The Morgan fingerprint density at radius 2 is 1.84 bits per heavy atom. The maximum absolute atomic E-state index is 13.9. The first-order valence-corrected chi connectivity index (χ1v) is 6.29. The average Bonchev–Trinajstić information content (AvgIpc) is 2.41. The van der Waals surface area contributed by atoms with Gasteiger partial charge >= 0.3 is 0 Å². The number of fused-ring (bicyclic) bond motifs is 1. The summed E-state index contributed by atoms with van der Waals surface area (Å²) in [7, 11) is 0. The minimum Gasteiger partial charge on any atom is -0.384 e. The minimum absolute atomic E-state index is 0.122. The maximum Gasteiger partial charge on any atom is 0.170 e. The molecule has 2 aromatic rings. The van der Waals surface area contributed by atoms with Gasteiger partial charge in [-0.2, -0.15) is 0 Å². The third-order valence-electron chi connectivity index (χ3n) is 2.91. The van der Waals surface area contributed by atoms with E-state index >= 15 is 0 Å². The number of halogens is 3. The highest BCUT2D eigenvalue weighted by molar-refractivity contribution is 5.92. The van der Waals surface area contributed by atoms with Gasteiger partial charge < -0.3 is 5.32 Å². The van der Waals surface area contributed by atoms with E-state index in [0.29, 0.717) is 30.4 Å². The van der Waals surface area contributed by atoms with E-state index in [1.165, 1.54) is 0 Å². The maximum atomic E-state index is 13.9. The minimum atomic E-state index is -1.20. The monoisotopic (exact) mass is 268 g/mol. The number of benzene rings is 1. The van der Waals surface area contributed by atoms with E-state index in [4.69, 9.17) is 0 Å². The number of aromatic nitrogens is 1. The summed E-state index contributed by atoms with van der Waals surface area (Å²) in [5.41, 5.74) is 0.896. The molecular weight excluding hydrogens is 253 g/mol. The SMILES string of the molecule is CCCNc1cc(CC)nc2c(F)cc(F)c(F)c12. The molecule has 0 unspecified atom stereocenters. The highest BCUT2D eigenvalue weighted by Gasteiger charge is 2.17. The van der Waals surface area contributed by atoms with Crippen LogP contribution in [-0.2, 0) is 6.42 Å². The van der Waals surface area contributed by atoms with Gasteiger partial charge in [-0.1, -0.05) is 13.8 Å². The van der Waals surface area contributed by atoms with Crippen molar-refractivity contribution in [2.75, 3.05) is 11.9 Å². The molecule has 0 saturated carbocycles. The Labute approximate surface area is 109 Å². The second-order valence-electron chi connectivity index (χ2n) is 4.32. The van der Waals surface area contributed by atoms with E-state index in [9.17, 15) is 13.2 Å². The van der Waals surface area contributed by atoms with Gasteiger partial charge in [0.15, 0.2) is 17.5 Å². The largest absolute Gasteiger partial charge is 0.384 e. The normalized spacial score (nSPS) is 11.0. The van der Waals surface area contributed by atoms with Gasteiger partial charge in [0.05, 0.1) is 5.39 Å². The molecule has 0 aliphatic carbocycles. The Morgan fingerprint density at radius 3 is 2.47 bits per heavy atom. The van der Waals surface area contributed by atoms with E-state index in [0.717, 1.165) is 6.42 Å². The van der Waals surface area contributed by atoms with Crippen molar-refractivity contribution in [3.63, 3.8) is 0 Å². The molecule has 1 N–H and O–H groups in total. The van der Waals surface area contributed by atoms with Gasteiger partial charge in [0.2, 0.25) is 0 Å². The molecule has 0 amide bonds. The van der Waals surface area contributed by atoms with Gasteiger partial charge in [0.1, 0.15) is 5.52 Å². The number of hydrogen-bond acceptors (Lipinski definition) is 2. The first-order chi connectivity index (χ1) is 9.08. The smallest absolute Gasteiger partial charge is 0.170 e. The zero-order chi connectivity index (χ0) is 14.0. The van der Waals surface area contributed by atoms with Gasteiger partial charge in [-0.05, 0) is 18.9 Å². The van der Waals surface area contributed by atoms with Crippen LogP contribution in [0.15, 0.2) is 12.1 Å². The van der Waals surface area contributed by atoms with E-state index in [1.54, 1.807) is 6.07 Å². The lowest BCUT2D eigenvalue weighted by atomic mass is 10.1. The van der Waals surface area contributed by atoms with Crippen molar-refractivity contribution < 1.29 is 13.2 Å². The second-order valence-corrected chi connectivity index (χ2v) is 4.32. The topological polar surface area (TPSA) is 24.9 Å². The molecule has 102 valence electrons. The fourth-order valence-electron chi connectivity index (χ4n) is 1.94. The molecule has 0 aliphatic heterocycles. The van der Waals surface area contributed by atoms with Crippen LogP contribution in [0.2, 0.25) is 0 Å². The number of anilines is 1. The van der Waals surface area contributed by atoms with Crippen molar-refractivity contribution in [1.82, 2.24) is 4.98 Å². The molecule has 2 rings (SSSR count). The Hall–Kier alpha value is -1.78. The Morgan fingerprint density at radius 1 is 1.11 bits per heavy atom. The highest BCUT2D eigenvalue weighted by Crippen LogP contribution is 2.29. The quantitative estimate of drug-likeness (QED) is 0.847. The lowest BCUT2D eigenvalue weighted by Crippen LogP contribution is -2.05. The van der Waals surface area contributed by atoms with Gasteiger partial charge in [-0.25, -0.2) is 18.2 Å². The van der Waals surface area contributed by atoms with E-state index in [-0.39, 0.29) is 10.9 Å². The molecule has 19 heavy (non-hydrogen) atoms. The van der Waals surface area contributed by atoms with Crippen LogP contribution in [0.25, 0.3) is 10.9 Å². The summed E-state index contributed by atoms with van der Waals surface area (Å²) in [6.07, 6.45) is 1.42. The summed E-state index contributed by atoms with van der Waals surface area (Å²) in [5, 5.41) is 2.87. The van der Waals surface area contributed by atoms with E-state index in [1.807, 2.05) is 13.8 Å². The van der Waals surface area contributed by atoms with Crippen molar-refractivity contribution in [3.05, 3.63) is 35.3 Å². The van der Waals surface area contributed by atoms with Crippen LogP contribution in [0.4, 0.5) is 18.9 Å². The van der Waals surface area contributed by atoms with Crippen LogP contribution < -0.4 is 5.32 Å². The summed E-state index contributed by atoms with van der Waals surface area (Å²) < 4.78 is 41.0. The van der Waals surface area contributed by atoms with Crippen LogP contribution >= 0.6 is 0 Å². The molecule has 1 aromatic carbocycles. The summed E-state index contributed by atoms with van der Waals surface area (Å²) in [6, 6.07) is 2.17. The van der Waals surface area contributed by atoms with Crippen LogP contribution in [0, 0.1) is 17.5 Å². The highest BCUT2D eigenvalue weighted by atomic mass is 19.2. The van der Waals surface area contributed by atoms with Gasteiger partial charge in [-0.15, -0.1) is 0 Å². The molecule has 0 saturated heterocycles. The first-order valence-electron chi connectivity index (χ1n) is 6.29. The molecule has 0 spiro atoms. The summed E-state index contributed by atoms with van der Waals surface area (Å²) in [6.45, 7) is 4.42. The summed E-state index contributed by atoms with van der Waals surface area (Å²) >= 11 is 0. The fraction of sp³-hybridized carbons (Fsp3) is 0.357. The third kappa shape index (κ3) is 2.50. The standard InChI is InChI=1S/C14H15F3N2/c1-3-5-18-11-6-8(4-2)19-14-10(16)7-9(15)13(17)12(11)14/h6-7H,3-5H2,1-2H3,(H,18,19). The van der Waals surface area contributed by atoms with Crippen LogP contribution in [0.1, 0.15) is 26.0 Å². The molecule has 0 aliphatic rings. The van der Waals surface area contributed by atoms with Crippen molar-refractivity contribution >= 4 is 16.6 Å². The molecular formula is C14H15F3N2. The van der Waals surface area contributed by atoms with Crippen molar-refractivity contribution in [3.8, 4) is 0 Å². The first kappa shape index (κ1) is 13.6. The summed E-state index contributed by atoms with van der Waals surface area (Å²) in [5.74, 6) is -3.11. The van der Waals surface area contributed by atoms with E-state index in [2.05, 4.69) is 10.3 Å². The predicted molar refractivity (Wildman–Crippen MR) is 69.8 cm³/mol. The lowest BCUT2D eigenvalue weighted by molar-refractivity contribution is 0.505. The molecule has 1 aromatic heterocycles. The van der Waals surface area contributed by atoms with E-state index < -0.39 is 17.5 Å². The van der Waals surface area contributed by atoms with Gasteiger partial charge in [0.25, 0.3) is 0 Å². The third-order valence-corrected chi connectivity index (χ3v) is 2.91. The molecule has 0 bridgehead atoms. The van der Waals surface area contributed by atoms with Crippen molar-refractivity contribution in [2.45, 2.75) is 26.7 Å². The molecule has 0 fully saturated rings. The van der Waals surface area contributed by atoms with Crippen LogP contribution in [-0.4, -0.2) is 11.5 Å². The fourth-order valence-corrected chi connectivity index (χ4v) is 1.94. The molecule has 0 radical (unpaired) electrons. The number of rotatable bonds is 4. The molecule has 1 heterocycles. The van der Waals surface area contributed by atoms with Gasteiger partial charge in [-0.3, -0.25) is 0 Å². The number of pyridine rings is 1.